The molecule has 2 N–H and O–H groups in total. The third-order valence-corrected chi connectivity index (χ3v) is 3.99. The van der Waals surface area contributed by atoms with E-state index in [-0.39, 0.29) is 16.9 Å². The minimum absolute atomic E-state index is 0.174. The van der Waals surface area contributed by atoms with Gasteiger partial charge < -0.3 is 10.4 Å². The molecule has 2 rings (SSSR count). The summed E-state index contributed by atoms with van der Waals surface area (Å²) in [6.45, 7) is 0. The second-order valence-electron chi connectivity index (χ2n) is 4.01. The number of carbonyl (C=O) groups is 1. The zero-order chi connectivity index (χ0) is 15.6. The van der Waals surface area contributed by atoms with Gasteiger partial charge in [-0.25, -0.2) is 4.79 Å². The van der Waals surface area contributed by atoms with Gasteiger partial charge in [0.25, 0.3) is 5.69 Å². The fraction of sp³-hybridized carbons (Fsp3) is 0. The van der Waals surface area contributed by atoms with Crippen molar-refractivity contribution < 1.29 is 14.8 Å². The molecule has 0 fully saturated rings. The molecule has 108 valence electrons. The van der Waals surface area contributed by atoms with E-state index < -0.39 is 10.9 Å². The smallest absolute Gasteiger partial charge is 0.338 e. The standard InChI is InChI=1S/C13H8Br2N2O4/c14-9-2-1-3-10(15)12(9)16-11-5-4-7(17(20)21)6-8(11)13(18)19/h1-6,16H,(H,18,19). The van der Waals surface area contributed by atoms with Crippen LogP contribution in [0.15, 0.2) is 45.3 Å². The van der Waals surface area contributed by atoms with Crippen molar-refractivity contribution in [2.75, 3.05) is 5.32 Å². The topological polar surface area (TPSA) is 92.5 Å². The van der Waals surface area contributed by atoms with Crippen LogP contribution in [0, 0.1) is 10.1 Å². The second kappa shape index (κ2) is 6.23. The quantitative estimate of drug-likeness (QED) is 0.563. The SMILES string of the molecule is O=C(O)c1cc([N+](=O)[O-])ccc1Nc1c(Br)cccc1Br. The molecule has 0 atom stereocenters. The van der Waals surface area contributed by atoms with Crippen LogP contribution in [0.3, 0.4) is 0 Å². The summed E-state index contributed by atoms with van der Waals surface area (Å²) in [5.41, 5.74) is 0.450. The van der Waals surface area contributed by atoms with Gasteiger partial charge in [-0.1, -0.05) is 6.07 Å². The monoisotopic (exact) mass is 414 g/mol. The molecule has 0 aliphatic heterocycles. The molecule has 2 aromatic carbocycles. The molecule has 0 unspecified atom stereocenters. The van der Waals surface area contributed by atoms with Gasteiger partial charge in [0.15, 0.2) is 0 Å². The number of nitrogens with one attached hydrogen (secondary N) is 1. The van der Waals surface area contributed by atoms with E-state index in [1.54, 1.807) is 12.1 Å². The molecule has 0 saturated heterocycles. The normalized spacial score (nSPS) is 10.2. The molecule has 0 aromatic heterocycles. The van der Waals surface area contributed by atoms with Crippen LogP contribution < -0.4 is 5.32 Å². The molecule has 0 saturated carbocycles. The first kappa shape index (κ1) is 15.5. The molecule has 0 heterocycles. The number of anilines is 2. The summed E-state index contributed by atoms with van der Waals surface area (Å²) < 4.78 is 1.46. The number of benzene rings is 2. The van der Waals surface area contributed by atoms with Crippen LogP contribution in [-0.2, 0) is 0 Å². The molecular weight excluding hydrogens is 408 g/mol. The Bertz CT molecular complexity index is 714. The number of nitro benzene ring substituents is 1. The number of rotatable bonds is 4. The molecule has 8 heteroatoms. The van der Waals surface area contributed by atoms with Crippen molar-refractivity contribution in [2.45, 2.75) is 0 Å². The van der Waals surface area contributed by atoms with E-state index in [1.165, 1.54) is 12.1 Å². The number of nitrogens with zero attached hydrogens (tertiary/aromatic N) is 1. The van der Waals surface area contributed by atoms with E-state index in [0.29, 0.717) is 5.69 Å². The first-order valence-electron chi connectivity index (χ1n) is 5.63. The predicted molar refractivity (Wildman–Crippen MR) is 85.2 cm³/mol. The van der Waals surface area contributed by atoms with E-state index in [0.717, 1.165) is 15.0 Å². The van der Waals surface area contributed by atoms with Gasteiger partial charge in [-0.05, 0) is 50.1 Å². The zero-order valence-electron chi connectivity index (χ0n) is 10.3. The van der Waals surface area contributed by atoms with Crippen LogP contribution in [0.2, 0.25) is 0 Å². The van der Waals surface area contributed by atoms with Crippen molar-refractivity contribution in [3.8, 4) is 0 Å². The Kier molecular flexibility index (Phi) is 4.59. The highest BCUT2D eigenvalue weighted by Crippen LogP contribution is 2.34. The molecular formula is C13H8Br2N2O4. The second-order valence-corrected chi connectivity index (χ2v) is 5.72. The predicted octanol–water partition coefficient (Wildman–Crippen LogP) is 4.56. The number of aromatic carboxylic acids is 1. The lowest BCUT2D eigenvalue weighted by molar-refractivity contribution is -0.384. The van der Waals surface area contributed by atoms with E-state index in [9.17, 15) is 20.0 Å². The first-order valence-corrected chi connectivity index (χ1v) is 7.21. The Morgan fingerprint density at radius 2 is 1.81 bits per heavy atom. The molecule has 0 amide bonds. The summed E-state index contributed by atoms with van der Waals surface area (Å²) in [6.07, 6.45) is 0. The lowest BCUT2D eigenvalue weighted by atomic mass is 10.1. The summed E-state index contributed by atoms with van der Waals surface area (Å²) >= 11 is 6.71. The maximum absolute atomic E-state index is 11.3. The van der Waals surface area contributed by atoms with Crippen LogP contribution in [0.5, 0.6) is 0 Å². The van der Waals surface area contributed by atoms with Crippen molar-refractivity contribution in [1.29, 1.82) is 0 Å². The minimum atomic E-state index is -1.25. The number of para-hydroxylation sites is 1. The maximum atomic E-state index is 11.3. The van der Waals surface area contributed by atoms with Gasteiger partial charge in [-0.3, -0.25) is 10.1 Å². The van der Waals surface area contributed by atoms with Gasteiger partial charge in [0.1, 0.15) is 0 Å². The summed E-state index contributed by atoms with van der Waals surface area (Å²) in [7, 11) is 0. The number of carboxylic acid groups (broad SMARTS) is 1. The molecule has 6 nitrogen and oxygen atoms in total. The van der Waals surface area contributed by atoms with Crippen molar-refractivity contribution in [1.82, 2.24) is 0 Å². The van der Waals surface area contributed by atoms with E-state index in [4.69, 9.17) is 0 Å². The largest absolute Gasteiger partial charge is 0.478 e. The molecule has 0 radical (unpaired) electrons. The lowest BCUT2D eigenvalue weighted by Gasteiger charge is -2.12. The highest BCUT2D eigenvalue weighted by Gasteiger charge is 2.17. The molecule has 0 bridgehead atoms. The highest BCUT2D eigenvalue weighted by atomic mass is 79.9. The molecule has 21 heavy (non-hydrogen) atoms. The maximum Gasteiger partial charge on any atom is 0.338 e. The average Bonchev–Trinajstić information content (AvgIpc) is 2.42. The summed E-state index contributed by atoms with van der Waals surface area (Å²) in [5, 5.41) is 22.9. The first-order chi connectivity index (χ1) is 9.90. The van der Waals surface area contributed by atoms with Crippen LogP contribution >= 0.6 is 31.9 Å². The van der Waals surface area contributed by atoms with Gasteiger partial charge in [-0.2, -0.15) is 0 Å². The molecule has 0 aliphatic carbocycles. The number of hydrogen-bond acceptors (Lipinski definition) is 4. The molecule has 0 aliphatic rings. The van der Waals surface area contributed by atoms with E-state index in [2.05, 4.69) is 37.2 Å². The number of carboxylic acids is 1. The van der Waals surface area contributed by atoms with Crippen LogP contribution in [0.4, 0.5) is 17.1 Å². The summed E-state index contributed by atoms with van der Waals surface area (Å²) in [4.78, 5) is 21.4. The Hall–Kier alpha value is -1.93. The van der Waals surface area contributed by atoms with Crippen LogP contribution in [-0.4, -0.2) is 16.0 Å². The fourth-order valence-electron chi connectivity index (χ4n) is 1.68. The Morgan fingerprint density at radius 1 is 1.19 bits per heavy atom. The Labute approximate surface area is 136 Å². The molecule has 0 spiro atoms. The van der Waals surface area contributed by atoms with Gasteiger partial charge in [0, 0.05) is 21.1 Å². The van der Waals surface area contributed by atoms with Crippen molar-refractivity contribution in [2.24, 2.45) is 0 Å². The highest BCUT2D eigenvalue weighted by molar-refractivity contribution is 9.11. The summed E-state index contributed by atoms with van der Waals surface area (Å²) in [5.74, 6) is -1.25. The van der Waals surface area contributed by atoms with Gasteiger partial charge in [0.05, 0.1) is 21.9 Å². The van der Waals surface area contributed by atoms with E-state index >= 15 is 0 Å². The van der Waals surface area contributed by atoms with Crippen LogP contribution in [0.1, 0.15) is 10.4 Å². The Morgan fingerprint density at radius 3 is 2.33 bits per heavy atom. The zero-order valence-corrected chi connectivity index (χ0v) is 13.5. The van der Waals surface area contributed by atoms with Gasteiger partial charge in [0.2, 0.25) is 0 Å². The van der Waals surface area contributed by atoms with Crippen LogP contribution in [0.25, 0.3) is 0 Å². The number of nitro groups is 1. The average molecular weight is 416 g/mol. The minimum Gasteiger partial charge on any atom is -0.478 e. The fourth-order valence-corrected chi connectivity index (χ4v) is 2.88. The van der Waals surface area contributed by atoms with Crippen molar-refractivity contribution in [3.63, 3.8) is 0 Å². The third kappa shape index (κ3) is 3.40. The van der Waals surface area contributed by atoms with Crippen molar-refractivity contribution >= 4 is 54.9 Å². The number of non-ortho nitro benzene ring substituents is 1. The molecule has 2 aromatic rings. The lowest BCUT2D eigenvalue weighted by Crippen LogP contribution is -2.04. The van der Waals surface area contributed by atoms with Gasteiger partial charge in [-0.15, -0.1) is 0 Å². The number of halogens is 2. The third-order valence-electron chi connectivity index (χ3n) is 2.67. The van der Waals surface area contributed by atoms with E-state index in [1.807, 2.05) is 6.07 Å². The Balaban J connectivity index is 2.49. The summed E-state index contributed by atoms with van der Waals surface area (Å²) in [6, 6.07) is 9.04. The van der Waals surface area contributed by atoms with Crippen molar-refractivity contribution in [3.05, 3.63) is 61.0 Å². The van der Waals surface area contributed by atoms with Gasteiger partial charge >= 0.3 is 5.97 Å². The number of hydrogen-bond donors (Lipinski definition) is 2.